The first-order chi connectivity index (χ1) is 46.0. The summed E-state index contributed by atoms with van der Waals surface area (Å²) in [5.41, 5.74) is 0. The summed E-state index contributed by atoms with van der Waals surface area (Å²) in [6, 6.07) is -11.3. The fraction of sp³-hybridized carbons (Fsp3) is 0.797. The van der Waals surface area contributed by atoms with Crippen LogP contribution >= 0.6 is 0 Å². The third kappa shape index (κ3) is 30.9. The molecule has 0 aromatic rings. The zero-order chi connectivity index (χ0) is 76.6. The number of carboxylic acids is 1. The Labute approximate surface area is 588 Å². The Kier molecular flexibility index (Phi) is 41.9. The SMILES string of the molecule is CC[C@@H](C)[C@@H](NC(=O)CCNC(=O)[C@H]([C@@H](C)CC)N(C)C(=O)[C@@H](CC(C)C)NC(=O)CCNC(=O)[C@@H](NC(=O)[C@@H](CC(C)C)N(C)C(=O)[C@@H](NC(=O)COC)C(C)C)[C@@H](C)O)C(=O)N(C)[C@H](C(=O)N[C@@H](C)C(=O)NCCC(=O)N[C@H](CC(C)C)C(=O)N(C)[C@@H](C(=O)O)[C@H](C)CC)C(C)C. The first-order valence-corrected chi connectivity index (χ1v) is 35.1. The number of carboxylic acid groups (broad SMARTS) is 1. The second-order valence-electron chi connectivity index (χ2n) is 28.4. The largest absolute Gasteiger partial charge is 0.480 e. The Balaban J connectivity index is 6.07. The number of nitrogens with one attached hydrogen (secondary N) is 9. The van der Waals surface area contributed by atoms with Gasteiger partial charge in [0.1, 0.15) is 67.0 Å². The average Bonchev–Trinajstić information content (AvgIpc) is 0.851. The number of aliphatic carboxylic acids is 1. The molecule has 0 aromatic heterocycles. The van der Waals surface area contributed by atoms with Crippen molar-refractivity contribution in [2.45, 2.75) is 249 Å². The minimum absolute atomic E-state index is 0.0352. The minimum atomic E-state index is -1.51. The van der Waals surface area contributed by atoms with Crippen molar-refractivity contribution in [1.82, 2.24) is 67.5 Å². The molecular formula is C69H125N13O17. The maximum Gasteiger partial charge on any atom is 0.326 e. The van der Waals surface area contributed by atoms with Gasteiger partial charge < -0.3 is 82.4 Å². The number of aliphatic hydroxyl groups excluding tert-OH is 1. The maximum absolute atomic E-state index is 14.4. The number of carbonyl (C=O) groups excluding carboxylic acids is 13. The smallest absolute Gasteiger partial charge is 0.326 e. The van der Waals surface area contributed by atoms with Crippen LogP contribution < -0.4 is 47.9 Å². The third-order valence-corrected chi connectivity index (χ3v) is 17.7. The second kappa shape index (κ2) is 45.3. The summed E-state index contributed by atoms with van der Waals surface area (Å²) in [6.07, 6.45) is -0.328. The van der Waals surface area contributed by atoms with Crippen LogP contribution in [0.15, 0.2) is 0 Å². The molecule has 30 nitrogen and oxygen atoms in total. The zero-order valence-corrected chi connectivity index (χ0v) is 63.5. The number of hydrogen-bond donors (Lipinski definition) is 11. The molecule has 0 saturated carbocycles. The van der Waals surface area contributed by atoms with E-state index < -0.39 is 167 Å². The number of amides is 13. The molecule has 0 fully saturated rings. The lowest BCUT2D eigenvalue weighted by Gasteiger charge is -2.35. The van der Waals surface area contributed by atoms with Gasteiger partial charge in [-0.2, -0.15) is 0 Å². The number of nitrogens with zero attached hydrogens (tertiary/aromatic N) is 4. The molecule has 11 N–H and O–H groups in total. The number of carbonyl (C=O) groups is 14. The lowest BCUT2D eigenvalue weighted by atomic mass is 9.95. The molecule has 0 heterocycles. The molecular weight excluding hydrogens is 1280 g/mol. The molecule has 0 aromatic carbocycles. The summed E-state index contributed by atoms with van der Waals surface area (Å²) >= 11 is 0. The summed E-state index contributed by atoms with van der Waals surface area (Å²) in [6.45, 7) is 30.5. The van der Waals surface area contributed by atoms with E-state index >= 15 is 0 Å². The summed E-state index contributed by atoms with van der Waals surface area (Å²) in [5, 5.41) is 44.6. The van der Waals surface area contributed by atoms with Gasteiger partial charge in [0.2, 0.25) is 76.8 Å². The minimum Gasteiger partial charge on any atom is -0.480 e. The monoisotopic (exact) mass is 1410 g/mol. The van der Waals surface area contributed by atoms with Crippen LogP contribution in [-0.2, 0) is 71.9 Å². The predicted octanol–water partition coefficient (Wildman–Crippen LogP) is 1.44. The van der Waals surface area contributed by atoms with Gasteiger partial charge in [0.25, 0.3) is 0 Å². The van der Waals surface area contributed by atoms with Crippen LogP contribution in [0.3, 0.4) is 0 Å². The van der Waals surface area contributed by atoms with Crippen LogP contribution in [-0.4, -0.2) is 241 Å². The number of hydrogen-bond acceptors (Lipinski definition) is 16. The van der Waals surface area contributed by atoms with Gasteiger partial charge in [0.05, 0.1) is 6.10 Å². The van der Waals surface area contributed by atoms with E-state index in [4.69, 9.17) is 4.74 Å². The lowest BCUT2D eigenvalue weighted by Crippen LogP contribution is -2.60. The first-order valence-electron chi connectivity index (χ1n) is 35.1. The summed E-state index contributed by atoms with van der Waals surface area (Å²) < 4.78 is 4.89. The van der Waals surface area contributed by atoms with Gasteiger partial charge in [-0.15, -0.1) is 0 Å². The van der Waals surface area contributed by atoms with Crippen molar-refractivity contribution in [3.63, 3.8) is 0 Å². The van der Waals surface area contributed by atoms with Crippen LogP contribution in [0.25, 0.3) is 0 Å². The Morgan fingerprint density at radius 1 is 0.384 bits per heavy atom. The van der Waals surface area contributed by atoms with E-state index in [1.54, 1.807) is 48.5 Å². The molecule has 0 aliphatic heterocycles. The summed E-state index contributed by atoms with van der Waals surface area (Å²) in [4.78, 5) is 194. The molecule has 0 bridgehead atoms. The normalized spacial score (nSPS) is 15.7. The molecule has 13 amide bonds. The average molecular weight is 1410 g/mol. The van der Waals surface area contributed by atoms with Crippen LogP contribution in [0.2, 0.25) is 0 Å². The highest BCUT2D eigenvalue weighted by atomic mass is 16.5. The van der Waals surface area contributed by atoms with E-state index in [-0.39, 0.29) is 94.4 Å². The van der Waals surface area contributed by atoms with Crippen molar-refractivity contribution in [1.29, 1.82) is 0 Å². The van der Waals surface area contributed by atoms with Crippen LogP contribution in [0.4, 0.5) is 0 Å². The highest BCUT2D eigenvalue weighted by molar-refractivity contribution is 5.97. The van der Waals surface area contributed by atoms with Crippen molar-refractivity contribution in [2.75, 3.05) is 61.5 Å². The van der Waals surface area contributed by atoms with Crippen molar-refractivity contribution < 1.29 is 82.1 Å². The number of aliphatic hydroxyl groups is 1. The number of methoxy groups -OCH3 is 1. The van der Waals surface area contributed by atoms with Crippen LogP contribution in [0.5, 0.6) is 0 Å². The van der Waals surface area contributed by atoms with Crippen LogP contribution in [0, 0.1) is 47.3 Å². The Bertz CT molecular complexity index is 2670. The van der Waals surface area contributed by atoms with Gasteiger partial charge in [0.15, 0.2) is 0 Å². The van der Waals surface area contributed by atoms with Gasteiger partial charge >= 0.3 is 5.97 Å². The molecule has 0 spiro atoms. The lowest BCUT2D eigenvalue weighted by molar-refractivity contribution is -0.152. The fourth-order valence-electron chi connectivity index (χ4n) is 11.4. The number of ether oxygens (including phenoxy) is 1. The number of rotatable bonds is 46. The number of likely N-dealkylation sites (N-methyl/N-ethyl adjacent to an activating group) is 4. The van der Waals surface area contributed by atoms with E-state index in [9.17, 15) is 77.3 Å². The molecule has 99 heavy (non-hydrogen) atoms. The van der Waals surface area contributed by atoms with Crippen molar-refractivity contribution in [3.05, 3.63) is 0 Å². The molecule has 14 atom stereocenters. The molecule has 0 aliphatic rings. The quantitative estimate of drug-likeness (QED) is 0.0411. The van der Waals surface area contributed by atoms with Crippen molar-refractivity contribution in [3.8, 4) is 0 Å². The fourth-order valence-corrected chi connectivity index (χ4v) is 11.4. The van der Waals surface area contributed by atoms with Crippen molar-refractivity contribution >= 4 is 82.8 Å². The molecule has 0 saturated heterocycles. The highest BCUT2D eigenvalue weighted by Gasteiger charge is 2.41. The van der Waals surface area contributed by atoms with E-state index in [1.807, 2.05) is 62.3 Å². The Morgan fingerprint density at radius 3 is 1.18 bits per heavy atom. The van der Waals surface area contributed by atoms with Gasteiger partial charge in [-0.3, -0.25) is 62.3 Å². The third-order valence-electron chi connectivity index (χ3n) is 17.7. The maximum atomic E-state index is 14.4. The highest BCUT2D eigenvalue weighted by Crippen LogP contribution is 2.22. The second-order valence-corrected chi connectivity index (χ2v) is 28.4. The molecule has 0 rings (SSSR count). The standard InChI is InChI=1S/C69H125N13O17/c1-24-42(14)55(68(96)80(20)57(41(12)13)64(92)73-45(17)60(88)70-30-27-50(84)75-48(34-38(6)7)66(94)82(22)59(69(97)98)44(16)26-3)76-52(86)29-32-72-63(91)58(43(15)25-2)81(21)65(93)47(33-37(4)5)74-51(85)28-31-71-62(90)56(46(18)83)78-61(89)49(35-39(8)9)79(19)67(95)54(40(10)11)77-53(87)36-99-23/h37-49,54-59,83H,24-36H2,1-23H3,(H,70,88)(H,71,90)(H,72,91)(H,73,92)(H,74,85)(H,75,84)(H,76,86)(H,77,87)(H,78,89)(H,97,98)/t42-,43+,44-,45+,46-,47-,48-,49-,54+,55-,56+,57+,58+,59-/m1/s1. The molecule has 0 aliphatic carbocycles. The Morgan fingerprint density at radius 2 is 0.778 bits per heavy atom. The zero-order valence-electron chi connectivity index (χ0n) is 63.5. The van der Waals surface area contributed by atoms with Gasteiger partial charge in [0, 0.05) is 74.2 Å². The van der Waals surface area contributed by atoms with E-state index in [1.165, 1.54) is 63.8 Å². The van der Waals surface area contributed by atoms with E-state index in [2.05, 4.69) is 47.9 Å². The first kappa shape index (κ1) is 91.5. The Hall–Kier alpha value is -7.50. The predicted molar refractivity (Wildman–Crippen MR) is 374 cm³/mol. The van der Waals surface area contributed by atoms with Crippen molar-refractivity contribution in [2.24, 2.45) is 47.3 Å². The van der Waals surface area contributed by atoms with E-state index in [0.29, 0.717) is 19.3 Å². The van der Waals surface area contributed by atoms with Gasteiger partial charge in [-0.05, 0) is 80.5 Å². The van der Waals surface area contributed by atoms with Gasteiger partial charge in [-0.1, -0.05) is 130 Å². The summed E-state index contributed by atoms with van der Waals surface area (Å²) in [7, 11) is 7.00. The van der Waals surface area contributed by atoms with Gasteiger partial charge in [-0.25, -0.2) is 4.79 Å². The summed E-state index contributed by atoms with van der Waals surface area (Å²) in [5.74, 6) is -11.6. The molecule has 30 heteroatoms. The van der Waals surface area contributed by atoms with E-state index in [0.717, 1.165) is 4.90 Å². The molecule has 0 radical (unpaired) electrons. The molecule has 568 valence electrons. The molecule has 0 unspecified atom stereocenters. The topological polar surface area (TPSA) is 410 Å². The van der Waals surface area contributed by atoms with Crippen LogP contribution in [0.1, 0.15) is 182 Å².